The van der Waals surface area contributed by atoms with Crippen molar-refractivity contribution in [2.45, 2.75) is 19.8 Å². The first kappa shape index (κ1) is 13.6. The van der Waals surface area contributed by atoms with Crippen LogP contribution in [0.25, 0.3) is 5.69 Å². The van der Waals surface area contributed by atoms with Crippen LogP contribution in [-0.4, -0.2) is 43.6 Å². The van der Waals surface area contributed by atoms with Crippen molar-refractivity contribution in [3.63, 3.8) is 0 Å². The zero-order valence-corrected chi connectivity index (χ0v) is 10.9. The molecule has 19 heavy (non-hydrogen) atoms. The molecule has 6 nitrogen and oxygen atoms in total. The predicted octanol–water partition coefficient (Wildman–Crippen LogP) is 0.586. The second-order valence-corrected chi connectivity index (χ2v) is 4.69. The molecule has 6 heteroatoms. The van der Waals surface area contributed by atoms with Crippen LogP contribution in [0.2, 0.25) is 0 Å². The van der Waals surface area contributed by atoms with Gasteiger partial charge in [-0.05, 0) is 29.0 Å². The predicted molar refractivity (Wildman–Crippen MR) is 69.8 cm³/mol. The Morgan fingerprint density at radius 3 is 2.42 bits per heavy atom. The van der Waals surface area contributed by atoms with Gasteiger partial charge in [0.25, 0.3) is 0 Å². The van der Waals surface area contributed by atoms with E-state index in [9.17, 15) is 10.2 Å². The van der Waals surface area contributed by atoms with Gasteiger partial charge in [-0.25, -0.2) is 0 Å². The van der Waals surface area contributed by atoms with Gasteiger partial charge in [-0.3, -0.25) is 0 Å². The Bertz CT molecular complexity index is 500. The number of aromatic nitrogens is 4. The molecule has 0 saturated heterocycles. The Labute approximate surface area is 111 Å². The second-order valence-electron chi connectivity index (χ2n) is 4.69. The van der Waals surface area contributed by atoms with Crippen molar-refractivity contribution < 1.29 is 10.2 Å². The Morgan fingerprint density at radius 2 is 1.84 bits per heavy atom. The van der Waals surface area contributed by atoms with Crippen LogP contribution >= 0.6 is 0 Å². The third-order valence-corrected chi connectivity index (χ3v) is 3.49. The van der Waals surface area contributed by atoms with E-state index in [1.807, 2.05) is 37.3 Å². The zero-order valence-electron chi connectivity index (χ0n) is 10.9. The number of tetrazole rings is 1. The van der Waals surface area contributed by atoms with Crippen molar-refractivity contribution in [1.82, 2.24) is 20.2 Å². The fraction of sp³-hybridized carbons (Fsp3) is 0.462. The molecule has 0 spiro atoms. The minimum Gasteiger partial charge on any atom is -0.396 e. The number of benzene rings is 1. The van der Waals surface area contributed by atoms with Crippen molar-refractivity contribution >= 4 is 0 Å². The number of hydrogen-bond donors (Lipinski definition) is 2. The van der Waals surface area contributed by atoms with E-state index in [-0.39, 0.29) is 13.2 Å². The van der Waals surface area contributed by atoms with Crippen LogP contribution in [0.1, 0.15) is 19.2 Å². The lowest BCUT2D eigenvalue weighted by Gasteiger charge is -2.27. The van der Waals surface area contributed by atoms with Gasteiger partial charge >= 0.3 is 0 Å². The Hall–Kier alpha value is -1.79. The maximum atomic E-state index is 9.50. The summed E-state index contributed by atoms with van der Waals surface area (Å²) in [5.41, 5.74) is 0.282. The van der Waals surface area contributed by atoms with Crippen molar-refractivity contribution in [1.29, 1.82) is 0 Å². The first-order valence-corrected chi connectivity index (χ1v) is 6.29. The Morgan fingerprint density at radius 1 is 1.16 bits per heavy atom. The van der Waals surface area contributed by atoms with Crippen molar-refractivity contribution in [3.8, 4) is 5.69 Å². The summed E-state index contributed by atoms with van der Waals surface area (Å²) in [7, 11) is 0. The monoisotopic (exact) mass is 262 g/mol. The van der Waals surface area contributed by atoms with E-state index in [0.29, 0.717) is 18.7 Å². The number of para-hydroxylation sites is 1. The smallest absolute Gasteiger partial charge is 0.157 e. The van der Waals surface area contributed by atoms with Crippen molar-refractivity contribution in [3.05, 3.63) is 36.2 Å². The number of aliphatic hydroxyl groups is 2. The minimum absolute atomic E-state index is 0.0956. The molecule has 102 valence electrons. The normalized spacial score (nSPS) is 11.7. The van der Waals surface area contributed by atoms with E-state index in [0.717, 1.165) is 5.69 Å². The quantitative estimate of drug-likeness (QED) is 0.795. The molecule has 0 saturated carbocycles. The van der Waals surface area contributed by atoms with Crippen LogP contribution in [0.3, 0.4) is 0 Å². The number of nitrogens with zero attached hydrogens (tertiary/aromatic N) is 4. The van der Waals surface area contributed by atoms with Gasteiger partial charge in [0.05, 0.1) is 18.9 Å². The molecule has 2 rings (SSSR count). The minimum atomic E-state index is -0.582. The zero-order chi connectivity index (χ0) is 13.7. The highest BCUT2D eigenvalue weighted by atomic mass is 16.3. The molecule has 2 aromatic rings. The van der Waals surface area contributed by atoms with Gasteiger partial charge in [0.2, 0.25) is 0 Å². The summed E-state index contributed by atoms with van der Waals surface area (Å²) in [5, 5.41) is 30.6. The molecule has 0 atom stereocenters. The van der Waals surface area contributed by atoms with Gasteiger partial charge < -0.3 is 10.2 Å². The molecule has 0 unspecified atom stereocenters. The lowest BCUT2D eigenvalue weighted by Crippen LogP contribution is -2.32. The Kier molecular flexibility index (Phi) is 4.24. The summed E-state index contributed by atoms with van der Waals surface area (Å²) in [6, 6.07) is 9.56. The molecule has 2 N–H and O–H groups in total. The largest absolute Gasteiger partial charge is 0.396 e. The first-order valence-electron chi connectivity index (χ1n) is 6.29. The van der Waals surface area contributed by atoms with E-state index in [2.05, 4.69) is 15.5 Å². The fourth-order valence-electron chi connectivity index (χ4n) is 1.93. The highest BCUT2D eigenvalue weighted by molar-refractivity contribution is 5.30. The van der Waals surface area contributed by atoms with Crippen LogP contribution in [0.15, 0.2) is 30.3 Å². The van der Waals surface area contributed by atoms with E-state index in [1.54, 1.807) is 4.68 Å². The highest BCUT2D eigenvalue weighted by Gasteiger charge is 2.29. The molecular weight excluding hydrogens is 244 g/mol. The number of rotatable bonds is 6. The third kappa shape index (κ3) is 2.80. The van der Waals surface area contributed by atoms with Crippen molar-refractivity contribution in [2.24, 2.45) is 5.41 Å². The van der Waals surface area contributed by atoms with Crippen LogP contribution in [-0.2, 0) is 6.42 Å². The lowest BCUT2D eigenvalue weighted by molar-refractivity contribution is 0.0493. The SMILES string of the molecule is CCC(CO)(CO)Cc1nnnn1-c1ccccc1. The molecule has 1 aromatic carbocycles. The average molecular weight is 262 g/mol. The van der Waals surface area contributed by atoms with Crippen LogP contribution in [0.5, 0.6) is 0 Å². The van der Waals surface area contributed by atoms with Gasteiger partial charge in [-0.1, -0.05) is 25.1 Å². The fourth-order valence-corrected chi connectivity index (χ4v) is 1.93. The highest BCUT2D eigenvalue weighted by Crippen LogP contribution is 2.25. The van der Waals surface area contributed by atoms with Crippen LogP contribution in [0.4, 0.5) is 0 Å². The first-order chi connectivity index (χ1) is 9.24. The summed E-state index contributed by atoms with van der Waals surface area (Å²) in [4.78, 5) is 0. The molecule has 0 bridgehead atoms. The standard InChI is InChI=1S/C13H18N4O2/c1-2-13(9-18,10-19)8-12-14-15-16-17(12)11-6-4-3-5-7-11/h3-7,18-19H,2,8-10H2,1H3. The lowest BCUT2D eigenvalue weighted by atomic mass is 9.83. The molecule has 0 radical (unpaired) electrons. The summed E-state index contributed by atoms with van der Waals surface area (Å²) in [6.07, 6.45) is 1.08. The van der Waals surface area contributed by atoms with Gasteiger partial charge in [0.15, 0.2) is 5.82 Å². The van der Waals surface area contributed by atoms with E-state index < -0.39 is 5.41 Å². The maximum absolute atomic E-state index is 9.50. The van der Waals surface area contributed by atoms with Crippen LogP contribution < -0.4 is 0 Å². The summed E-state index contributed by atoms with van der Waals surface area (Å²) >= 11 is 0. The van der Waals surface area contributed by atoms with Crippen LogP contribution in [0, 0.1) is 5.41 Å². The van der Waals surface area contributed by atoms with E-state index >= 15 is 0 Å². The van der Waals surface area contributed by atoms with Gasteiger partial charge in [0.1, 0.15) is 0 Å². The molecule has 0 aliphatic heterocycles. The molecule has 0 fully saturated rings. The molecule has 0 amide bonds. The van der Waals surface area contributed by atoms with E-state index in [4.69, 9.17) is 0 Å². The van der Waals surface area contributed by atoms with Gasteiger partial charge in [-0.2, -0.15) is 4.68 Å². The topological polar surface area (TPSA) is 84.1 Å². The Balaban J connectivity index is 2.30. The average Bonchev–Trinajstić information content (AvgIpc) is 2.94. The summed E-state index contributed by atoms with van der Waals surface area (Å²) in [6.45, 7) is 1.74. The van der Waals surface area contributed by atoms with Crippen molar-refractivity contribution in [2.75, 3.05) is 13.2 Å². The summed E-state index contributed by atoms with van der Waals surface area (Å²) < 4.78 is 1.63. The maximum Gasteiger partial charge on any atom is 0.157 e. The molecule has 1 heterocycles. The molecule has 1 aromatic heterocycles. The molecule has 0 aliphatic carbocycles. The third-order valence-electron chi connectivity index (χ3n) is 3.49. The number of aliphatic hydroxyl groups excluding tert-OH is 2. The van der Waals surface area contributed by atoms with E-state index in [1.165, 1.54) is 0 Å². The van der Waals surface area contributed by atoms with Gasteiger partial charge in [-0.15, -0.1) is 5.10 Å². The molecular formula is C13H18N4O2. The second kappa shape index (κ2) is 5.90. The number of hydrogen-bond acceptors (Lipinski definition) is 5. The summed E-state index contributed by atoms with van der Waals surface area (Å²) in [5.74, 6) is 0.635. The molecule has 0 aliphatic rings. The van der Waals surface area contributed by atoms with Gasteiger partial charge in [0, 0.05) is 11.8 Å².